The average molecular weight is 784 g/mol. The van der Waals surface area contributed by atoms with E-state index in [0.717, 1.165) is 77.8 Å². The molecule has 3 nitrogen and oxygen atoms in total. The number of rotatable bonds is 9. The average Bonchev–Trinajstić information content (AvgIpc) is 3.70. The first-order chi connectivity index (χ1) is 32.0. The first-order valence-corrected chi connectivity index (χ1v) is 20.5. The van der Waals surface area contributed by atoms with Crippen LogP contribution in [0.2, 0.25) is 0 Å². The fraction of sp³-hybridized carbons (Fsp3) is 0. The maximum Gasteiger partial charge on any atom is 0.0645 e. The third kappa shape index (κ3) is 6.50. The number of benzene rings is 10. The summed E-state index contributed by atoms with van der Waals surface area (Å²) in [6, 6.07) is 75.4. The van der Waals surface area contributed by atoms with Crippen molar-refractivity contribution < 1.29 is 5.48 Å². The number of hydrogen-bond donors (Lipinski definition) is 0. The maximum absolute atomic E-state index is 9.61. The molecule has 0 radical (unpaired) electrons. The van der Waals surface area contributed by atoms with Crippen LogP contribution < -0.4 is 9.80 Å². The molecule has 0 spiro atoms. The van der Waals surface area contributed by atoms with E-state index >= 15 is 0 Å². The van der Waals surface area contributed by atoms with Gasteiger partial charge in [-0.2, -0.15) is 0 Å². The quantitative estimate of drug-likeness (QED) is 0.144. The third-order valence-electron chi connectivity index (χ3n) is 11.4. The predicted octanol–water partition coefficient (Wildman–Crippen LogP) is 16.2. The molecule has 0 N–H and O–H groups in total. The second kappa shape index (κ2) is 15.6. The minimum atomic E-state index is -0.122. The summed E-state index contributed by atoms with van der Waals surface area (Å²) in [5.74, 6) is 0. The van der Waals surface area contributed by atoms with Crippen molar-refractivity contribution in [1.29, 1.82) is 0 Å². The molecule has 0 saturated heterocycles. The number of aromatic nitrogens is 1. The van der Waals surface area contributed by atoms with Gasteiger partial charge in [-0.05, 0) is 107 Å². The number of para-hydroxylation sites is 5. The summed E-state index contributed by atoms with van der Waals surface area (Å²) in [7, 11) is 0. The SMILES string of the molecule is [2H]c1c([2H])c(N(c2ccccc2)c2ccccc2)c([2H])c([2H])c1-c1cccc2c(N(c3ccc4c(c3)c3ccccc3n4-c3ccccc3)c3ccccc3-c3ccccc3)cccc12. The zero-order valence-electron chi connectivity index (χ0n) is 37.2. The Hall–Kier alpha value is -8.14. The molecule has 0 atom stereocenters. The molecule has 0 amide bonds. The van der Waals surface area contributed by atoms with E-state index in [1.807, 2.05) is 102 Å². The van der Waals surface area contributed by atoms with Crippen molar-refractivity contribution in [3.63, 3.8) is 0 Å². The summed E-state index contributed by atoms with van der Waals surface area (Å²) >= 11 is 0. The molecule has 61 heavy (non-hydrogen) atoms. The summed E-state index contributed by atoms with van der Waals surface area (Å²) < 4.78 is 40.6. The molecule has 0 fully saturated rings. The van der Waals surface area contributed by atoms with Crippen molar-refractivity contribution in [2.75, 3.05) is 9.80 Å². The molecule has 0 aliphatic rings. The molecule has 10 aromatic carbocycles. The van der Waals surface area contributed by atoms with Crippen LogP contribution in [0, 0.1) is 0 Å². The molecule has 3 heteroatoms. The third-order valence-corrected chi connectivity index (χ3v) is 11.4. The van der Waals surface area contributed by atoms with E-state index in [0.29, 0.717) is 5.56 Å². The van der Waals surface area contributed by atoms with Crippen LogP contribution in [-0.2, 0) is 0 Å². The van der Waals surface area contributed by atoms with Gasteiger partial charge in [-0.15, -0.1) is 0 Å². The van der Waals surface area contributed by atoms with Crippen LogP contribution in [-0.4, -0.2) is 4.57 Å². The van der Waals surface area contributed by atoms with E-state index in [9.17, 15) is 5.48 Å². The van der Waals surface area contributed by atoms with Crippen LogP contribution in [0.25, 0.3) is 60.5 Å². The van der Waals surface area contributed by atoms with Gasteiger partial charge in [0.2, 0.25) is 0 Å². The van der Waals surface area contributed by atoms with Crippen molar-refractivity contribution >= 4 is 66.7 Å². The fourth-order valence-corrected chi connectivity index (χ4v) is 8.71. The highest BCUT2D eigenvalue weighted by Gasteiger charge is 2.22. The topological polar surface area (TPSA) is 11.4 Å². The summed E-state index contributed by atoms with van der Waals surface area (Å²) in [6.45, 7) is 0. The van der Waals surface area contributed by atoms with Crippen molar-refractivity contribution in [3.05, 3.63) is 249 Å². The molecule has 0 aliphatic carbocycles. The summed E-state index contributed by atoms with van der Waals surface area (Å²) in [6.07, 6.45) is 0. The van der Waals surface area contributed by atoms with Gasteiger partial charge in [-0.25, -0.2) is 0 Å². The van der Waals surface area contributed by atoms with Crippen LogP contribution in [0.4, 0.5) is 34.1 Å². The number of hydrogen-bond acceptors (Lipinski definition) is 2. The van der Waals surface area contributed by atoms with Crippen LogP contribution in [0.5, 0.6) is 0 Å². The first-order valence-electron chi connectivity index (χ1n) is 22.5. The molecular formula is C58H41N3. The molecule has 11 aromatic rings. The molecule has 1 aromatic heterocycles. The minimum Gasteiger partial charge on any atom is -0.311 e. The van der Waals surface area contributed by atoms with Crippen LogP contribution >= 0.6 is 0 Å². The fourth-order valence-electron chi connectivity index (χ4n) is 8.71. The number of fused-ring (bicyclic) bond motifs is 4. The van der Waals surface area contributed by atoms with Crippen LogP contribution in [0.1, 0.15) is 5.48 Å². The molecule has 0 aliphatic heterocycles. The van der Waals surface area contributed by atoms with E-state index < -0.39 is 0 Å². The van der Waals surface area contributed by atoms with Gasteiger partial charge in [0.05, 0.1) is 27.9 Å². The first kappa shape index (κ1) is 31.8. The highest BCUT2D eigenvalue weighted by Crippen LogP contribution is 2.46. The van der Waals surface area contributed by atoms with E-state index in [1.54, 1.807) is 0 Å². The standard InChI is InChI=1S/C58H41N3/c1-5-19-42(20-6-1)50-27-13-15-32-55(50)61(48-39-40-58-54(41-48)53-28-14-16-33-56(53)60(58)46-25-11-4-12-26-46)57-34-18-30-51-49(29-17-31-52(51)57)43-35-37-47(38-36-43)59(44-21-7-2-8-22-44)45-23-9-3-10-24-45/h1-41H/i35D,36D,37D,38D. The molecular weight excluding hydrogens is 739 g/mol. The summed E-state index contributed by atoms with van der Waals surface area (Å²) in [5.41, 5.74) is 10.8. The second-order valence-corrected chi connectivity index (χ2v) is 15.0. The Labute approximate surface area is 361 Å². The largest absolute Gasteiger partial charge is 0.311 e. The van der Waals surface area contributed by atoms with Crippen LogP contribution in [0.15, 0.2) is 249 Å². The van der Waals surface area contributed by atoms with E-state index in [-0.39, 0.29) is 35.4 Å². The van der Waals surface area contributed by atoms with Gasteiger partial charge in [0.1, 0.15) is 0 Å². The van der Waals surface area contributed by atoms with Gasteiger partial charge in [0, 0.05) is 50.2 Å². The maximum atomic E-state index is 9.61. The van der Waals surface area contributed by atoms with Crippen LogP contribution in [0.3, 0.4) is 0 Å². The molecule has 0 unspecified atom stereocenters. The van der Waals surface area contributed by atoms with Crippen molar-refractivity contribution in [3.8, 4) is 27.9 Å². The lowest BCUT2D eigenvalue weighted by molar-refractivity contribution is 1.18. The second-order valence-electron chi connectivity index (χ2n) is 15.0. The molecule has 1 heterocycles. The Morgan fingerprint density at radius 2 is 0.852 bits per heavy atom. The van der Waals surface area contributed by atoms with E-state index in [4.69, 9.17) is 0 Å². The number of nitrogens with zero attached hydrogens (tertiary/aromatic N) is 3. The monoisotopic (exact) mass is 783 g/mol. The Bertz CT molecular complexity index is 3470. The van der Waals surface area contributed by atoms with E-state index in [1.165, 1.54) is 0 Å². The van der Waals surface area contributed by atoms with Gasteiger partial charge >= 0.3 is 0 Å². The smallest absolute Gasteiger partial charge is 0.0645 e. The number of anilines is 6. The molecule has 288 valence electrons. The lowest BCUT2D eigenvalue weighted by Crippen LogP contribution is -2.12. The summed E-state index contributed by atoms with van der Waals surface area (Å²) in [4.78, 5) is 4.13. The zero-order valence-corrected chi connectivity index (χ0v) is 33.2. The Kier molecular flexibility index (Phi) is 8.11. The minimum absolute atomic E-state index is 0.109. The lowest BCUT2D eigenvalue weighted by Gasteiger charge is -2.29. The Balaban J connectivity index is 1.14. The van der Waals surface area contributed by atoms with Crippen molar-refractivity contribution in [1.82, 2.24) is 4.57 Å². The lowest BCUT2D eigenvalue weighted by atomic mass is 9.95. The highest BCUT2D eigenvalue weighted by atomic mass is 15.2. The Morgan fingerprint density at radius 3 is 1.59 bits per heavy atom. The zero-order chi connectivity index (χ0) is 44.0. The van der Waals surface area contributed by atoms with Crippen molar-refractivity contribution in [2.45, 2.75) is 0 Å². The van der Waals surface area contributed by atoms with Gasteiger partial charge < -0.3 is 14.4 Å². The van der Waals surface area contributed by atoms with Gasteiger partial charge in [0.25, 0.3) is 0 Å². The van der Waals surface area contributed by atoms with Crippen molar-refractivity contribution in [2.24, 2.45) is 0 Å². The van der Waals surface area contributed by atoms with Gasteiger partial charge in [-0.1, -0.05) is 164 Å². The predicted molar refractivity (Wildman–Crippen MR) is 259 cm³/mol. The summed E-state index contributed by atoms with van der Waals surface area (Å²) in [5, 5.41) is 3.98. The normalized spacial score (nSPS) is 12.2. The van der Waals surface area contributed by atoms with Gasteiger partial charge in [0.15, 0.2) is 0 Å². The van der Waals surface area contributed by atoms with Gasteiger partial charge in [-0.3, -0.25) is 0 Å². The molecule has 11 rings (SSSR count). The van der Waals surface area contributed by atoms with E-state index in [2.05, 4.69) is 137 Å². The molecule has 0 saturated carbocycles. The Morgan fingerprint density at radius 1 is 0.311 bits per heavy atom. The molecule has 0 bridgehead atoms. The highest BCUT2D eigenvalue weighted by molar-refractivity contribution is 6.12.